The van der Waals surface area contributed by atoms with Gasteiger partial charge in [0.05, 0.1) is 11.9 Å². The summed E-state index contributed by atoms with van der Waals surface area (Å²) in [6.07, 6.45) is 3.65. The molecule has 0 saturated heterocycles. The zero-order chi connectivity index (χ0) is 20.8. The van der Waals surface area contributed by atoms with E-state index in [1.165, 1.54) is 7.11 Å². The van der Waals surface area contributed by atoms with Gasteiger partial charge in [-0.05, 0) is 64.5 Å². The third-order valence-electron chi connectivity index (χ3n) is 4.99. The maximum absolute atomic E-state index is 12.3. The Labute approximate surface area is 168 Å². The highest BCUT2D eigenvalue weighted by Crippen LogP contribution is 2.27. The van der Waals surface area contributed by atoms with E-state index in [4.69, 9.17) is 4.74 Å². The molecule has 158 valence electrons. The Kier molecular flexibility index (Phi) is 7.71. The molecule has 1 saturated carbocycles. The van der Waals surface area contributed by atoms with Gasteiger partial charge in [-0.15, -0.1) is 0 Å². The Morgan fingerprint density at radius 1 is 1.18 bits per heavy atom. The van der Waals surface area contributed by atoms with Gasteiger partial charge in [-0.25, -0.2) is 17.9 Å². The quantitative estimate of drug-likeness (QED) is 0.638. The van der Waals surface area contributed by atoms with Crippen molar-refractivity contribution in [3.63, 3.8) is 0 Å². The number of anilines is 1. The molecule has 7 nitrogen and oxygen atoms in total. The van der Waals surface area contributed by atoms with Crippen LogP contribution in [0.2, 0.25) is 0 Å². The van der Waals surface area contributed by atoms with E-state index in [1.54, 1.807) is 26.8 Å². The van der Waals surface area contributed by atoms with Crippen LogP contribution in [0.15, 0.2) is 24.3 Å². The van der Waals surface area contributed by atoms with Crippen LogP contribution in [0.1, 0.15) is 46.5 Å². The number of ether oxygens (including phenoxy) is 2. The van der Waals surface area contributed by atoms with Crippen molar-refractivity contribution in [3.8, 4) is 5.75 Å². The lowest BCUT2D eigenvalue weighted by molar-refractivity contribution is -0.142. The first kappa shape index (κ1) is 22.5. The number of rotatable bonds is 8. The maximum atomic E-state index is 12.3. The predicted molar refractivity (Wildman–Crippen MR) is 110 cm³/mol. The van der Waals surface area contributed by atoms with Crippen LogP contribution in [-0.2, 0) is 19.6 Å². The Morgan fingerprint density at radius 3 is 2.46 bits per heavy atom. The minimum Gasteiger partial charge on any atom is -0.482 e. The average molecular weight is 413 g/mol. The third-order valence-corrected chi connectivity index (χ3v) is 7.24. The SMILES string of the molecule is COC(=O)COc1cccc(NC[C@H]2CC[C@H](NS(=O)(=O)C(C)(C)C)CC2)c1. The van der Waals surface area contributed by atoms with Gasteiger partial charge in [0.25, 0.3) is 0 Å². The van der Waals surface area contributed by atoms with Crippen molar-refractivity contribution < 1.29 is 22.7 Å². The predicted octanol–water partition coefficient (Wildman–Crippen LogP) is 2.93. The van der Waals surface area contributed by atoms with E-state index in [-0.39, 0.29) is 12.6 Å². The van der Waals surface area contributed by atoms with E-state index in [1.807, 2.05) is 18.2 Å². The molecule has 0 amide bonds. The second-order valence-corrected chi connectivity index (χ2v) is 10.7. The van der Waals surface area contributed by atoms with Crippen molar-refractivity contribution in [2.45, 2.75) is 57.2 Å². The van der Waals surface area contributed by atoms with Crippen LogP contribution in [0.3, 0.4) is 0 Å². The molecule has 0 aromatic heterocycles. The number of sulfonamides is 1. The second kappa shape index (κ2) is 9.60. The van der Waals surface area contributed by atoms with Crippen LogP contribution < -0.4 is 14.8 Å². The highest BCUT2D eigenvalue weighted by molar-refractivity contribution is 7.90. The molecule has 0 unspecified atom stereocenters. The fraction of sp³-hybridized carbons (Fsp3) is 0.650. The van der Waals surface area contributed by atoms with E-state index in [0.717, 1.165) is 37.9 Å². The number of methoxy groups -OCH3 is 1. The summed E-state index contributed by atoms with van der Waals surface area (Å²) in [5.41, 5.74) is 0.929. The van der Waals surface area contributed by atoms with Crippen molar-refractivity contribution in [1.82, 2.24) is 4.72 Å². The van der Waals surface area contributed by atoms with Crippen LogP contribution in [0.25, 0.3) is 0 Å². The maximum Gasteiger partial charge on any atom is 0.343 e. The lowest BCUT2D eigenvalue weighted by atomic mass is 9.86. The van der Waals surface area contributed by atoms with E-state index in [2.05, 4.69) is 14.8 Å². The normalized spacial score (nSPS) is 20.4. The van der Waals surface area contributed by atoms with Crippen molar-refractivity contribution in [3.05, 3.63) is 24.3 Å². The summed E-state index contributed by atoms with van der Waals surface area (Å²) in [7, 11) is -1.98. The number of nitrogens with one attached hydrogen (secondary N) is 2. The lowest BCUT2D eigenvalue weighted by Gasteiger charge is -2.31. The molecule has 0 spiro atoms. The number of carbonyl (C=O) groups excluding carboxylic acids is 1. The third kappa shape index (κ3) is 6.67. The number of esters is 1. The monoisotopic (exact) mass is 412 g/mol. The van der Waals surface area contributed by atoms with Crippen LogP contribution in [0, 0.1) is 5.92 Å². The Bertz CT molecular complexity index is 750. The summed E-state index contributed by atoms with van der Waals surface area (Å²) in [5.74, 6) is 0.683. The molecule has 0 heterocycles. The van der Waals surface area contributed by atoms with Gasteiger partial charge in [-0.3, -0.25) is 0 Å². The number of carbonyl (C=O) groups is 1. The standard InChI is InChI=1S/C20H32N2O5S/c1-20(2,3)28(24,25)22-16-10-8-15(9-11-16)13-21-17-6-5-7-18(12-17)27-14-19(23)26-4/h5-7,12,15-16,21-22H,8-11,13-14H2,1-4H3/t15-,16-. The Balaban J connectivity index is 1.77. The smallest absolute Gasteiger partial charge is 0.343 e. The molecule has 1 aliphatic carbocycles. The summed E-state index contributed by atoms with van der Waals surface area (Å²) in [6.45, 7) is 5.85. The molecule has 2 rings (SSSR count). The van der Waals surface area contributed by atoms with E-state index >= 15 is 0 Å². The molecule has 8 heteroatoms. The molecule has 1 aromatic carbocycles. The highest BCUT2D eigenvalue weighted by Gasteiger charge is 2.32. The molecule has 0 radical (unpaired) electrons. The first-order valence-corrected chi connectivity index (χ1v) is 11.1. The van der Waals surface area contributed by atoms with Gasteiger partial charge in [0.15, 0.2) is 6.61 Å². The van der Waals surface area contributed by atoms with Gasteiger partial charge in [0.1, 0.15) is 5.75 Å². The lowest BCUT2D eigenvalue weighted by Crippen LogP contribution is -2.46. The number of hydrogen-bond acceptors (Lipinski definition) is 6. The summed E-state index contributed by atoms with van der Waals surface area (Å²) in [5, 5.41) is 3.41. The Hall–Kier alpha value is -1.80. The summed E-state index contributed by atoms with van der Waals surface area (Å²) in [6, 6.07) is 7.49. The molecule has 0 bridgehead atoms. The number of hydrogen-bond donors (Lipinski definition) is 2. The van der Waals surface area contributed by atoms with Gasteiger partial charge in [0, 0.05) is 24.3 Å². The first-order valence-electron chi connectivity index (χ1n) is 9.66. The molecule has 2 N–H and O–H groups in total. The van der Waals surface area contributed by atoms with E-state index in [0.29, 0.717) is 11.7 Å². The fourth-order valence-electron chi connectivity index (χ4n) is 3.04. The molecule has 1 aliphatic rings. The van der Waals surface area contributed by atoms with Crippen LogP contribution in [0.5, 0.6) is 5.75 Å². The van der Waals surface area contributed by atoms with E-state index < -0.39 is 20.7 Å². The topological polar surface area (TPSA) is 93.7 Å². The highest BCUT2D eigenvalue weighted by atomic mass is 32.2. The average Bonchev–Trinajstić information content (AvgIpc) is 2.64. The molecule has 28 heavy (non-hydrogen) atoms. The molecule has 1 aromatic rings. The summed E-state index contributed by atoms with van der Waals surface area (Å²) >= 11 is 0. The molecule has 0 atom stereocenters. The van der Waals surface area contributed by atoms with Crippen molar-refractivity contribution in [2.24, 2.45) is 5.92 Å². The molecular weight excluding hydrogens is 380 g/mol. The number of benzene rings is 1. The fourth-order valence-corrected chi connectivity index (χ4v) is 4.07. The van der Waals surface area contributed by atoms with Gasteiger partial charge in [0.2, 0.25) is 10.0 Å². The summed E-state index contributed by atoms with van der Waals surface area (Å²) in [4.78, 5) is 11.2. The van der Waals surface area contributed by atoms with Gasteiger partial charge < -0.3 is 14.8 Å². The van der Waals surface area contributed by atoms with Gasteiger partial charge >= 0.3 is 5.97 Å². The zero-order valence-electron chi connectivity index (χ0n) is 17.2. The Morgan fingerprint density at radius 2 is 1.86 bits per heavy atom. The van der Waals surface area contributed by atoms with Crippen molar-refractivity contribution in [2.75, 3.05) is 25.6 Å². The minimum atomic E-state index is -3.30. The molecule has 1 fully saturated rings. The molecule has 0 aliphatic heterocycles. The van der Waals surface area contributed by atoms with Crippen molar-refractivity contribution in [1.29, 1.82) is 0 Å². The van der Waals surface area contributed by atoms with Crippen LogP contribution in [-0.4, -0.2) is 45.4 Å². The van der Waals surface area contributed by atoms with Crippen molar-refractivity contribution >= 4 is 21.7 Å². The largest absolute Gasteiger partial charge is 0.482 e. The molecular formula is C20H32N2O5S. The zero-order valence-corrected chi connectivity index (χ0v) is 18.0. The summed E-state index contributed by atoms with van der Waals surface area (Å²) < 4.78 is 36.6. The van der Waals surface area contributed by atoms with E-state index in [9.17, 15) is 13.2 Å². The van der Waals surface area contributed by atoms with Gasteiger partial charge in [-0.2, -0.15) is 0 Å². The second-order valence-electron chi connectivity index (χ2n) is 8.22. The van der Waals surface area contributed by atoms with Crippen LogP contribution >= 0.6 is 0 Å². The minimum absolute atomic E-state index is 0.0236. The van der Waals surface area contributed by atoms with Crippen LogP contribution in [0.4, 0.5) is 5.69 Å². The van der Waals surface area contributed by atoms with Gasteiger partial charge in [-0.1, -0.05) is 6.07 Å². The first-order chi connectivity index (χ1) is 13.1.